The predicted molar refractivity (Wildman–Crippen MR) is 233 cm³/mol. The number of nitrogens with zero attached hydrogens (tertiary/aromatic N) is 1. The summed E-state index contributed by atoms with van der Waals surface area (Å²) in [6.07, 6.45) is 27.6. The quantitative estimate of drug-likeness (QED) is 0.110. The zero-order chi connectivity index (χ0) is 37.0. The standard InChI is InChI=1S/C54H67N/c1-3-5-7-11-27-54(28-12-8-6-4-2)51-14-10-9-13-48(51)49-26-25-47(34-52(49)54)55(45-21-17-42(18-22-45)50-33-38-15-16-43(50)32-38)46-23-19-44(20-24-46)53-35-39-29-40(36-53)31-41(30-39)37-53/h9-10,13-14,17-26,34,38-41,43,50H,3-8,11-12,15-16,27-33,35-37H2,1-2H3. The van der Waals surface area contributed by atoms with E-state index in [2.05, 4.69) is 110 Å². The van der Waals surface area contributed by atoms with Crippen molar-refractivity contribution >= 4 is 17.1 Å². The van der Waals surface area contributed by atoms with Crippen LogP contribution in [0.3, 0.4) is 0 Å². The number of benzene rings is 4. The largest absolute Gasteiger partial charge is 0.310 e. The fourth-order valence-corrected chi connectivity index (χ4v) is 14.4. The Kier molecular flexibility index (Phi) is 9.75. The molecule has 0 aliphatic heterocycles. The molecule has 0 spiro atoms. The lowest BCUT2D eigenvalue weighted by atomic mass is 9.48. The Morgan fingerprint density at radius 2 is 1.13 bits per heavy atom. The molecule has 6 saturated carbocycles. The van der Waals surface area contributed by atoms with Gasteiger partial charge in [-0.05, 0) is 181 Å². The third kappa shape index (κ3) is 6.43. The van der Waals surface area contributed by atoms with Crippen LogP contribution >= 0.6 is 0 Å². The maximum atomic E-state index is 2.66. The topological polar surface area (TPSA) is 3.24 Å². The molecule has 6 fully saturated rings. The van der Waals surface area contributed by atoms with Crippen molar-refractivity contribution in [2.45, 2.75) is 159 Å². The molecule has 6 bridgehead atoms. The summed E-state index contributed by atoms with van der Waals surface area (Å²) < 4.78 is 0. The zero-order valence-corrected chi connectivity index (χ0v) is 34.2. The molecule has 4 aromatic carbocycles. The van der Waals surface area contributed by atoms with Crippen LogP contribution in [0.25, 0.3) is 11.1 Å². The van der Waals surface area contributed by atoms with Crippen LogP contribution in [0.5, 0.6) is 0 Å². The molecule has 0 saturated heterocycles. The molecule has 11 rings (SSSR count). The van der Waals surface area contributed by atoms with Crippen LogP contribution in [0.1, 0.15) is 170 Å². The Morgan fingerprint density at radius 3 is 1.73 bits per heavy atom. The van der Waals surface area contributed by atoms with Crippen molar-refractivity contribution in [1.82, 2.24) is 0 Å². The molecule has 55 heavy (non-hydrogen) atoms. The molecule has 1 heteroatoms. The monoisotopic (exact) mass is 730 g/mol. The van der Waals surface area contributed by atoms with Gasteiger partial charge in [0.25, 0.3) is 0 Å². The Hall–Kier alpha value is -3.32. The first kappa shape index (κ1) is 36.0. The Balaban J connectivity index is 1.05. The Morgan fingerprint density at radius 1 is 0.527 bits per heavy atom. The summed E-state index contributed by atoms with van der Waals surface area (Å²) in [5.41, 5.74) is 13.8. The molecular formula is C54H67N. The van der Waals surface area contributed by atoms with Gasteiger partial charge in [0.15, 0.2) is 0 Å². The van der Waals surface area contributed by atoms with Gasteiger partial charge in [0.05, 0.1) is 0 Å². The summed E-state index contributed by atoms with van der Waals surface area (Å²) in [6.45, 7) is 4.70. The Bertz CT molecular complexity index is 1900. The second-order valence-corrected chi connectivity index (χ2v) is 19.9. The van der Waals surface area contributed by atoms with E-state index in [1.54, 1.807) is 22.3 Å². The van der Waals surface area contributed by atoms with Crippen LogP contribution < -0.4 is 4.90 Å². The summed E-state index contributed by atoms with van der Waals surface area (Å²) in [4.78, 5) is 2.62. The number of fused-ring (bicyclic) bond motifs is 5. The normalized spacial score (nSPS) is 29.1. The van der Waals surface area contributed by atoms with Crippen molar-refractivity contribution in [3.8, 4) is 11.1 Å². The van der Waals surface area contributed by atoms with Crippen LogP contribution in [-0.4, -0.2) is 0 Å². The summed E-state index contributed by atoms with van der Waals surface area (Å²) in [5, 5.41) is 0. The van der Waals surface area contributed by atoms with Crippen LogP contribution in [-0.2, 0) is 10.8 Å². The third-order valence-corrected chi connectivity index (χ3v) is 16.5. The van der Waals surface area contributed by atoms with Crippen LogP contribution in [0.15, 0.2) is 91.0 Å². The van der Waals surface area contributed by atoms with Crippen molar-refractivity contribution in [3.05, 3.63) is 113 Å². The summed E-state index contributed by atoms with van der Waals surface area (Å²) in [5.74, 6) is 5.55. The van der Waals surface area contributed by atoms with Crippen LogP contribution in [0.2, 0.25) is 0 Å². The van der Waals surface area contributed by atoms with E-state index in [0.717, 1.165) is 35.5 Å². The molecule has 4 aromatic rings. The first-order valence-electron chi connectivity index (χ1n) is 23.3. The number of rotatable bonds is 15. The average molecular weight is 730 g/mol. The van der Waals surface area contributed by atoms with Gasteiger partial charge in [-0.25, -0.2) is 0 Å². The molecule has 0 N–H and O–H groups in total. The maximum absolute atomic E-state index is 2.66. The van der Waals surface area contributed by atoms with Gasteiger partial charge in [0.2, 0.25) is 0 Å². The van der Waals surface area contributed by atoms with Gasteiger partial charge in [-0.3, -0.25) is 0 Å². The van der Waals surface area contributed by atoms with E-state index in [1.807, 2.05) is 0 Å². The van der Waals surface area contributed by atoms with Gasteiger partial charge >= 0.3 is 0 Å². The molecule has 7 aliphatic carbocycles. The molecule has 0 heterocycles. The lowest BCUT2D eigenvalue weighted by Gasteiger charge is -2.57. The van der Waals surface area contributed by atoms with E-state index >= 15 is 0 Å². The highest BCUT2D eigenvalue weighted by Gasteiger charge is 2.51. The van der Waals surface area contributed by atoms with Gasteiger partial charge < -0.3 is 4.90 Å². The highest BCUT2D eigenvalue weighted by atomic mass is 15.1. The van der Waals surface area contributed by atoms with Gasteiger partial charge in [-0.1, -0.05) is 126 Å². The summed E-state index contributed by atoms with van der Waals surface area (Å²) >= 11 is 0. The number of anilines is 3. The molecule has 3 atom stereocenters. The second-order valence-electron chi connectivity index (χ2n) is 19.9. The first-order chi connectivity index (χ1) is 27.1. The highest BCUT2D eigenvalue weighted by molar-refractivity contribution is 5.86. The molecule has 0 amide bonds. The fraction of sp³-hybridized carbons (Fsp3) is 0.556. The molecule has 0 aromatic heterocycles. The fourth-order valence-electron chi connectivity index (χ4n) is 14.4. The summed E-state index contributed by atoms with van der Waals surface area (Å²) in [6, 6.07) is 37.2. The molecule has 7 aliphatic rings. The zero-order valence-electron chi connectivity index (χ0n) is 34.2. The van der Waals surface area contributed by atoms with E-state index in [0.29, 0.717) is 5.41 Å². The molecule has 1 nitrogen and oxygen atoms in total. The van der Waals surface area contributed by atoms with Gasteiger partial charge in [0.1, 0.15) is 0 Å². The number of hydrogen-bond donors (Lipinski definition) is 0. The first-order valence-corrected chi connectivity index (χ1v) is 23.3. The van der Waals surface area contributed by atoms with E-state index in [-0.39, 0.29) is 5.41 Å². The van der Waals surface area contributed by atoms with Gasteiger partial charge in [-0.2, -0.15) is 0 Å². The van der Waals surface area contributed by atoms with Crippen molar-refractivity contribution < 1.29 is 0 Å². The maximum Gasteiger partial charge on any atom is 0.0465 e. The molecule has 3 unspecified atom stereocenters. The van der Waals surface area contributed by atoms with E-state index in [1.165, 1.54) is 157 Å². The van der Waals surface area contributed by atoms with Crippen molar-refractivity contribution in [2.75, 3.05) is 4.90 Å². The lowest BCUT2D eigenvalue weighted by Crippen LogP contribution is -2.48. The van der Waals surface area contributed by atoms with E-state index in [9.17, 15) is 0 Å². The lowest BCUT2D eigenvalue weighted by molar-refractivity contribution is -0.00518. The van der Waals surface area contributed by atoms with Crippen LogP contribution in [0.4, 0.5) is 17.1 Å². The van der Waals surface area contributed by atoms with Gasteiger partial charge in [-0.15, -0.1) is 0 Å². The van der Waals surface area contributed by atoms with Crippen molar-refractivity contribution in [2.24, 2.45) is 29.6 Å². The van der Waals surface area contributed by atoms with E-state index in [4.69, 9.17) is 0 Å². The number of hydrogen-bond acceptors (Lipinski definition) is 1. The minimum atomic E-state index is 0.0864. The average Bonchev–Trinajstić information content (AvgIpc) is 3.92. The smallest absolute Gasteiger partial charge is 0.0465 e. The predicted octanol–water partition coefficient (Wildman–Crippen LogP) is 15.7. The SMILES string of the molecule is CCCCCCC1(CCCCCC)c2ccccc2-c2ccc(N(c3ccc(C4CC5CCC4C5)cc3)c3ccc(C45CC6CC(CC(C6)C4)C5)cc3)cc21. The second kappa shape index (κ2) is 14.9. The molecule has 288 valence electrons. The minimum Gasteiger partial charge on any atom is -0.310 e. The van der Waals surface area contributed by atoms with Crippen molar-refractivity contribution in [1.29, 1.82) is 0 Å². The third-order valence-electron chi connectivity index (χ3n) is 16.5. The van der Waals surface area contributed by atoms with Gasteiger partial charge in [0, 0.05) is 22.5 Å². The number of unbranched alkanes of at least 4 members (excludes halogenated alkanes) is 6. The molecular weight excluding hydrogens is 663 g/mol. The highest BCUT2D eigenvalue weighted by Crippen LogP contribution is 2.61. The molecule has 0 radical (unpaired) electrons. The minimum absolute atomic E-state index is 0.0864. The Labute approximate surface area is 333 Å². The van der Waals surface area contributed by atoms with E-state index < -0.39 is 0 Å². The van der Waals surface area contributed by atoms with Crippen molar-refractivity contribution in [3.63, 3.8) is 0 Å². The summed E-state index contributed by atoms with van der Waals surface area (Å²) in [7, 11) is 0. The van der Waals surface area contributed by atoms with Crippen LogP contribution in [0, 0.1) is 29.6 Å².